The van der Waals surface area contributed by atoms with Crippen LogP contribution in [0.3, 0.4) is 0 Å². The molecule has 0 unspecified atom stereocenters. The van der Waals surface area contributed by atoms with Crippen molar-refractivity contribution in [1.29, 1.82) is 0 Å². The molecule has 1 aliphatic rings. The van der Waals surface area contributed by atoms with Gasteiger partial charge in [-0.15, -0.1) is 0 Å². The highest BCUT2D eigenvalue weighted by Gasteiger charge is 2.24. The number of anilines is 2. The van der Waals surface area contributed by atoms with Gasteiger partial charge in [0.1, 0.15) is 5.82 Å². The second-order valence-electron chi connectivity index (χ2n) is 7.27. The Morgan fingerprint density at radius 1 is 0.839 bits per heavy atom. The molecule has 1 saturated heterocycles. The number of carbonyl (C=O) groups is 2. The van der Waals surface area contributed by atoms with Gasteiger partial charge in [0.15, 0.2) is 0 Å². The van der Waals surface area contributed by atoms with Crippen molar-refractivity contribution in [2.24, 2.45) is 0 Å². The van der Waals surface area contributed by atoms with Gasteiger partial charge in [0.05, 0.1) is 5.56 Å². The van der Waals surface area contributed by atoms with Crippen LogP contribution in [0.15, 0.2) is 72.8 Å². The van der Waals surface area contributed by atoms with E-state index in [9.17, 15) is 14.0 Å². The fourth-order valence-corrected chi connectivity index (χ4v) is 3.89. The minimum absolute atomic E-state index is 0.115. The Morgan fingerprint density at radius 3 is 2.13 bits per heavy atom. The summed E-state index contributed by atoms with van der Waals surface area (Å²) in [7, 11) is 0. The van der Waals surface area contributed by atoms with Crippen molar-refractivity contribution < 1.29 is 14.0 Å². The Morgan fingerprint density at radius 2 is 1.48 bits per heavy atom. The number of carbonyl (C=O) groups excluding carboxylic acids is 2. The van der Waals surface area contributed by atoms with Crippen molar-refractivity contribution >= 4 is 45.8 Å². The molecular formula is C24H21FIN3O2. The number of amides is 2. The van der Waals surface area contributed by atoms with E-state index >= 15 is 0 Å². The van der Waals surface area contributed by atoms with Crippen molar-refractivity contribution in [3.05, 3.63) is 93.3 Å². The molecule has 2 amide bonds. The zero-order chi connectivity index (χ0) is 21.8. The van der Waals surface area contributed by atoms with Crippen LogP contribution in [-0.2, 0) is 0 Å². The van der Waals surface area contributed by atoms with E-state index in [-0.39, 0.29) is 17.4 Å². The molecule has 0 spiro atoms. The number of nitrogens with one attached hydrogen (secondary N) is 1. The molecule has 0 aliphatic carbocycles. The first-order valence-corrected chi connectivity index (χ1v) is 11.0. The van der Waals surface area contributed by atoms with E-state index < -0.39 is 5.82 Å². The van der Waals surface area contributed by atoms with E-state index in [0.717, 1.165) is 14.9 Å². The molecule has 1 N–H and O–H groups in total. The Kier molecular flexibility index (Phi) is 6.50. The van der Waals surface area contributed by atoms with Gasteiger partial charge in [-0.2, -0.15) is 0 Å². The third kappa shape index (κ3) is 5.04. The normalized spacial score (nSPS) is 13.7. The summed E-state index contributed by atoms with van der Waals surface area (Å²) in [5, 5.41) is 2.90. The van der Waals surface area contributed by atoms with E-state index in [1.54, 1.807) is 29.2 Å². The predicted molar refractivity (Wildman–Crippen MR) is 128 cm³/mol. The number of rotatable bonds is 4. The first kappa shape index (κ1) is 21.3. The van der Waals surface area contributed by atoms with Gasteiger partial charge in [0.2, 0.25) is 0 Å². The average Bonchev–Trinajstić information content (AvgIpc) is 2.80. The maximum absolute atomic E-state index is 13.9. The number of nitrogens with zero attached hydrogens (tertiary/aromatic N) is 2. The van der Waals surface area contributed by atoms with E-state index in [0.29, 0.717) is 31.7 Å². The van der Waals surface area contributed by atoms with Gasteiger partial charge < -0.3 is 15.1 Å². The lowest BCUT2D eigenvalue weighted by atomic mass is 10.1. The monoisotopic (exact) mass is 529 g/mol. The molecule has 1 fully saturated rings. The highest BCUT2D eigenvalue weighted by molar-refractivity contribution is 14.1. The fraction of sp³-hybridized carbons (Fsp3) is 0.167. The van der Waals surface area contributed by atoms with Crippen molar-refractivity contribution in [1.82, 2.24) is 4.90 Å². The maximum atomic E-state index is 13.9. The average molecular weight is 529 g/mol. The summed E-state index contributed by atoms with van der Waals surface area (Å²) in [4.78, 5) is 28.8. The summed E-state index contributed by atoms with van der Waals surface area (Å²) in [5.74, 6) is -0.909. The van der Waals surface area contributed by atoms with Crippen LogP contribution < -0.4 is 10.2 Å². The molecule has 0 atom stereocenters. The minimum Gasteiger partial charge on any atom is -0.368 e. The summed E-state index contributed by atoms with van der Waals surface area (Å²) >= 11 is 2.20. The Hall–Kier alpha value is -2.94. The highest BCUT2D eigenvalue weighted by atomic mass is 127. The summed E-state index contributed by atoms with van der Waals surface area (Å²) in [5.41, 5.74) is 2.47. The molecule has 4 rings (SSSR count). The topological polar surface area (TPSA) is 52.7 Å². The SMILES string of the molecule is O=C(Nc1ccc(N2CCN(C(=O)c3ccccc3F)CC2)cc1)c1ccc(I)cc1. The molecule has 0 saturated carbocycles. The third-order valence-electron chi connectivity index (χ3n) is 5.27. The smallest absolute Gasteiger partial charge is 0.256 e. The zero-order valence-electron chi connectivity index (χ0n) is 16.7. The molecule has 158 valence electrons. The number of benzene rings is 3. The second kappa shape index (κ2) is 9.47. The molecule has 7 heteroatoms. The molecule has 3 aromatic rings. The van der Waals surface area contributed by atoms with Gasteiger partial charge in [0.25, 0.3) is 11.8 Å². The standard InChI is InChI=1S/C24H21FIN3O2/c25-22-4-2-1-3-21(22)24(31)29-15-13-28(14-16-29)20-11-9-19(10-12-20)27-23(30)17-5-7-18(26)8-6-17/h1-12H,13-16H2,(H,27,30). The zero-order valence-corrected chi connectivity index (χ0v) is 18.9. The van der Waals surface area contributed by atoms with Crippen LogP contribution >= 0.6 is 22.6 Å². The van der Waals surface area contributed by atoms with E-state index in [4.69, 9.17) is 0 Å². The van der Waals surface area contributed by atoms with Crippen LogP contribution in [0.1, 0.15) is 20.7 Å². The van der Waals surface area contributed by atoms with E-state index in [2.05, 4.69) is 32.8 Å². The molecule has 5 nitrogen and oxygen atoms in total. The number of hydrogen-bond acceptors (Lipinski definition) is 3. The van der Waals surface area contributed by atoms with Crippen LogP contribution in [0, 0.1) is 9.39 Å². The summed E-state index contributed by atoms with van der Waals surface area (Å²) in [6, 6.07) is 21.1. The second-order valence-corrected chi connectivity index (χ2v) is 8.51. The predicted octanol–water partition coefficient (Wildman–Crippen LogP) is 4.65. The number of hydrogen-bond donors (Lipinski definition) is 1. The quantitative estimate of drug-likeness (QED) is 0.501. The highest BCUT2D eigenvalue weighted by Crippen LogP contribution is 2.21. The Labute approximate surface area is 194 Å². The molecular weight excluding hydrogens is 508 g/mol. The number of halogens is 2. The fourth-order valence-electron chi connectivity index (χ4n) is 3.53. The maximum Gasteiger partial charge on any atom is 0.256 e. The summed E-state index contributed by atoms with van der Waals surface area (Å²) in [6.45, 7) is 2.38. The van der Waals surface area contributed by atoms with E-state index in [1.165, 1.54) is 12.1 Å². The van der Waals surface area contributed by atoms with Crippen LogP contribution in [0.2, 0.25) is 0 Å². The van der Waals surface area contributed by atoms with Crippen LogP contribution in [0.5, 0.6) is 0 Å². The first-order valence-electron chi connectivity index (χ1n) is 9.97. The lowest BCUT2D eigenvalue weighted by Crippen LogP contribution is -2.49. The molecule has 3 aromatic carbocycles. The van der Waals surface area contributed by atoms with Crippen molar-refractivity contribution in [3.8, 4) is 0 Å². The minimum atomic E-state index is -0.488. The Balaban J connectivity index is 1.34. The van der Waals surface area contributed by atoms with Crippen LogP contribution in [-0.4, -0.2) is 42.9 Å². The number of piperazine rings is 1. The van der Waals surface area contributed by atoms with Gasteiger partial charge in [-0.3, -0.25) is 9.59 Å². The summed E-state index contributed by atoms with van der Waals surface area (Å²) in [6.07, 6.45) is 0. The van der Waals surface area contributed by atoms with Gasteiger partial charge in [-0.05, 0) is 83.3 Å². The van der Waals surface area contributed by atoms with Crippen molar-refractivity contribution in [3.63, 3.8) is 0 Å². The largest absolute Gasteiger partial charge is 0.368 e. The van der Waals surface area contributed by atoms with Crippen molar-refractivity contribution in [2.45, 2.75) is 0 Å². The van der Waals surface area contributed by atoms with Crippen LogP contribution in [0.4, 0.5) is 15.8 Å². The molecule has 1 heterocycles. The first-order chi connectivity index (χ1) is 15.0. The lowest BCUT2D eigenvalue weighted by molar-refractivity contribution is 0.0742. The third-order valence-corrected chi connectivity index (χ3v) is 5.99. The van der Waals surface area contributed by atoms with Gasteiger partial charge in [0, 0.05) is 46.7 Å². The van der Waals surface area contributed by atoms with Crippen molar-refractivity contribution in [2.75, 3.05) is 36.4 Å². The summed E-state index contributed by atoms with van der Waals surface area (Å²) < 4.78 is 15.0. The van der Waals surface area contributed by atoms with Gasteiger partial charge in [-0.25, -0.2) is 4.39 Å². The lowest BCUT2D eigenvalue weighted by Gasteiger charge is -2.36. The molecule has 1 aliphatic heterocycles. The van der Waals surface area contributed by atoms with Crippen LogP contribution in [0.25, 0.3) is 0 Å². The molecule has 0 bridgehead atoms. The molecule has 31 heavy (non-hydrogen) atoms. The molecule has 0 radical (unpaired) electrons. The molecule has 0 aromatic heterocycles. The van der Waals surface area contributed by atoms with Gasteiger partial charge in [-0.1, -0.05) is 12.1 Å². The Bertz CT molecular complexity index is 1080. The van der Waals surface area contributed by atoms with Gasteiger partial charge >= 0.3 is 0 Å². The van der Waals surface area contributed by atoms with E-state index in [1.807, 2.05) is 36.4 Å².